The fraction of sp³-hybridized carbons (Fsp3) is 0.375. The van der Waals surface area contributed by atoms with Gasteiger partial charge in [0.1, 0.15) is 11.5 Å². The normalized spacial score (nSPS) is 36.3. The molecule has 0 radical (unpaired) electrons. The number of carboxylic acids is 1. The van der Waals surface area contributed by atoms with Gasteiger partial charge in [0.05, 0.1) is 18.6 Å². The third-order valence-electron chi connectivity index (χ3n) is 4.70. The second-order valence-electron chi connectivity index (χ2n) is 6.00. The molecule has 1 spiro atoms. The van der Waals surface area contributed by atoms with E-state index in [0.29, 0.717) is 6.54 Å². The highest BCUT2D eigenvalue weighted by Gasteiger charge is 2.67. The van der Waals surface area contributed by atoms with Crippen molar-refractivity contribution in [3.8, 4) is 0 Å². The second-order valence-corrected chi connectivity index (χ2v) is 6.00. The molecule has 4 atom stereocenters. The number of anilines is 1. The van der Waals surface area contributed by atoms with Crippen LogP contribution < -0.4 is 4.90 Å². The molecule has 2 bridgehead atoms. The molecule has 0 saturated carbocycles. The van der Waals surface area contributed by atoms with Gasteiger partial charge in [-0.3, -0.25) is 9.59 Å². The first kappa shape index (κ1) is 12.6. The lowest BCUT2D eigenvalue weighted by Crippen LogP contribution is -2.39. The van der Waals surface area contributed by atoms with E-state index in [-0.39, 0.29) is 5.91 Å². The Kier molecular flexibility index (Phi) is 2.37. The second kappa shape index (κ2) is 3.95. The summed E-state index contributed by atoms with van der Waals surface area (Å²) in [5, 5.41) is 9.41. The SMILES string of the molecule is Cc1cccc(N2C[C@@]34C=C[C@@H](O3)[C@@H](C(=O)O)[C@H]4C2=O)c1. The molecule has 1 aromatic rings. The van der Waals surface area contributed by atoms with Crippen LogP contribution in [0.4, 0.5) is 5.69 Å². The van der Waals surface area contributed by atoms with Crippen molar-refractivity contribution in [2.75, 3.05) is 11.4 Å². The molecule has 5 heteroatoms. The van der Waals surface area contributed by atoms with Crippen LogP contribution in [0.25, 0.3) is 0 Å². The van der Waals surface area contributed by atoms with Gasteiger partial charge < -0.3 is 14.7 Å². The highest BCUT2D eigenvalue weighted by Crippen LogP contribution is 2.52. The minimum absolute atomic E-state index is 0.153. The van der Waals surface area contributed by atoms with Crippen LogP contribution >= 0.6 is 0 Å². The number of hydrogen-bond donors (Lipinski definition) is 1. The summed E-state index contributed by atoms with van der Waals surface area (Å²) in [6.07, 6.45) is 3.17. The number of hydrogen-bond acceptors (Lipinski definition) is 3. The van der Waals surface area contributed by atoms with Crippen molar-refractivity contribution in [2.24, 2.45) is 11.8 Å². The Morgan fingerprint density at radius 1 is 1.48 bits per heavy atom. The summed E-state index contributed by atoms with van der Waals surface area (Å²) in [5.41, 5.74) is 1.09. The molecule has 1 aromatic carbocycles. The van der Waals surface area contributed by atoms with Gasteiger partial charge in [-0.1, -0.05) is 24.3 Å². The Balaban J connectivity index is 1.75. The van der Waals surface area contributed by atoms with Gasteiger partial charge in [-0.25, -0.2) is 0 Å². The van der Waals surface area contributed by atoms with Crippen molar-refractivity contribution in [3.63, 3.8) is 0 Å². The first-order valence-corrected chi connectivity index (χ1v) is 7.00. The van der Waals surface area contributed by atoms with Gasteiger partial charge in [-0.2, -0.15) is 0 Å². The smallest absolute Gasteiger partial charge is 0.310 e. The number of aliphatic carboxylic acids is 1. The number of aryl methyl sites for hydroxylation is 1. The average Bonchev–Trinajstić information content (AvgIpc) is 3.07. The highest BCUT2D eigenvalue weighted by molar-refractivity contribution is 6.02. The van der Waals surface area contributed by atoms with Gasteiger partial charge in [0.25, 0.3) is 0 Å². The van der Waals surface area contributed by atoms with E-state index >= 15 is 0 Å². The maximum atomic E-state index is 12.7. The van der Waals surface area contributed by atoms with Crippen LogP contribution in [-0.2, 0) is 14.3 Å². The van der Waals surface area contributed by atoms with Gasteiger partial charge in [0, 0.05) is 5.69 Å². The van der Waals surface area contributed by atoms with Crippen molar-refractivity contribution < 1.29 is 19.4 Å². The molecule has 2 fully saturated rings. The molecule has 3 heterocycles. The number of ether oxygens (including phenoxy) is 1. The predicted octanol–water partition coefficient (Wildman–Crippen LogP) is 1.37. The molecular formula is C16H15NO4. The zero-order chi connectivity index (χ0) is 14.8. The molecule has 21 heavy (non-hydrogen) atoms. The molecule has 4 rings (SSSR count). The maximum Gasteiger partial charge on any atom is 0.310 e. The number of amides is 1. The number of benzene rings is 1. The Bertz CT molecular complexity index is 683. The van der Waals surface area contributed by atoms with E-state index in [1.165, 1.54) is 0 Å². The average molecular weight is 285 g/mol. The fourth-order valence-electron chi connectivity index (χ4n) is 3.79. The Morgan fingerprint density at radius 2 is 2.29 bits per heavy atom. The summed E-state index contributed by atoms with van der Waals surface area (Å²) in [7, 11) is 0. The number of carbonyl (C=O) groups excluding carboxylic acids is 1. The van der Waals surface area contributed by atoms with Gasteiger partial charge in [-0.05, 0) is 24.6 Å². The van der Waals surface area contributed by atoms with Crippen LogP contribution in [0.5, 0.6) is 0 Å². The van der Waals surface area contributed by atoms with Crippen LogP contribution in [0.2, 0.25) is 0 Å². The summed E-state index contributed by atoms with van der Waals surface area (Å²) in [5.74, 6) is -2.52. The third kappa shape index (κ3) is 1.55. The first-order chi connectivity index (χ1) is 10.0. The lowest BCUT2D eigenvalue weighted by atomic mass is 9.77. The van der Waals surface area contributed by atoms with Crippen LogP contribution in [0.3, 0.4) is 0 Å². The van der Waals surface area contributed by atoms with Crippen molar-refractivity contribution in [3.05, 3.63) is 42.0 Å². The number of carboxylic acid groups (broad SMARTS) is 1. The monoisotopic (exact) mass is 285 g/mol. The molecular weight excluding hydrogens is 270 g/mol. The van der Waals surface area contributed by atoms with Crippen molar-refractivity contribution in [1.29, 1.82) is 0 Å². The van der Waals surface area contributed by atoms with E-state index in [1.807, 2.05) is 37.3 Å². The van der Waals surface area contributed by atoms with Crippen LogP contribution in [0.1, 0.15) is 5.56 Å². The maximum absolute atomic E-state index is 12.7. The van der Waals surface area contributed by atoms with Gasteiger partial charge in [0.15, 0.2) is 0 Å². The molecule has 0 unspecified atom stereocenters. The van der Waals surface area contributed by atoms with E-state index in [0.717, 1.165) is 11.3 Å². The first-order valence-electron chi connectivity index (χ1n) is 7.00. The van der Waals surface area contributed by atoms with Gasteiger partial charge >= 0.3 is 5.97 Å². The molecule has 108 valence electrons. The fourth-order valence-corrected chi connectivity index (χ4v) is 3.79. The lowest BCUT2D eigenvalue weighted by molar-refractivity contribution is -0.146. The number of carbonyl (C=O) groups is 2. The molecule has 1 amide bonds. The van der Waals surface area contributed by atoms with E-state index in [4.69, 9.17) is 4.74 Å². The quantitative estimate of drug-likeness (QED) is 0.833. The number of fused-ring (bicyclic) bond motifs is 1. The van der Waals surface area contributed by atoms with Gasteiger partial charge in [0.2, 0.25) is 5.91 Å². The number of rotatable bonds is 2. The Morgan fingerprint density at radius 3 is 3.00 bits per heavy atom. The molecule has 0 aromatic heterocycles. The van der Waals surface area contributed by atoms with Crippen LogP contribution in [-0.4, -0.2) is 35.2 Å². The zero-order valence-electron chi connectivity index (χ0n) is 11.5. The van der Waals surface area contributed by atoms with Gasteiger partial charge in [-0.15, -0.1) is 0 Å². The summed E-state index contributed by atoms with van der Waals surface area (Å²) in [4.78, 5) is 25.9. The molecule has 2 saturated heterocycles. The summed E-state index contributed by atoms with van der Waals surface area (Å²) in [6, 6.07) is 7.66. The lowest BCUT2D eigenvalue weighted by Gasteiger charge is -2.21. The summed E-state index contributed by atoms with van der Waals surface area (Å²) in [6.45, 7) is 2.35. The Hall–Kier alpha value is -2.14. The topological polar surface area (TPSA) is 66.8 Å². The van der Waals surface area contributed by atoms with Crippen LogP contribution in [0, 0.1) is 18.8 Å². The molecule has 5 nitrogen and oxygen atoms in total. The van der Waals surface area contributed by atoms with E-state index in [1.54, 1.807) is 11.0 Å². The Labute approximate surface area is 121 Å². The van der Waals surface area contributed by atoms with E-state index < -0.39 is 29.5 Å². The highest BCUT2D eigenvalue weighted by atomic mass is 16.5. The zero-order valence-corrected chi connectivity index (χ0v) is 11.5. The van der Waals surface area contributed by atoms with Crippen molar-refractivity contribution in [1.82, 2.24) is 0 Å². The van der Waals surface area contributed by atoms with E-state index in [9.17, 15) is 14.7 Å². The minimum atomic E-state index is -0.962. The van der Waals surface area contributed by atoms with Crippen molar-refractivity contribution in [2.45, 2.75) is 18.6 Å². The summed E-state index contributed by atoms with van der Waals surface area (Å²) >= 11 is 0. The van der Waals surface area contributed by atoms with Crippen LogP contribution in [0.15, 0.2) is 36.4 Å². The molecule has 1 N–H and O–H groups in total. The largest absolute Gasteiger partial charge is 0.481 e. The molecule has 3 aliphatic heterocycles. The predicted molar refractivity (Wildman–Crippen MR) is 74.9 cm³/mol. The molecule has 3 aliphatic rings. The number of nitrogens with zero attached hydrogens (tertiary/aromatic N) is 1. The van der Waals surface area contributed by atoms with E-state index in [2.05, 4.69) is 0 Å². The molecule has 0 aliphatic carbocycles. The summed E-state index contributed by atoms with van der Waals surface area (Å²) < 4.78 is 5.86. The minimum Gasteiger partial charge on any atom is -0.481 e. The van der Waals surface area contributed by atoms with Crippen molar-refractivity contribution >= 4 is 17.6 Å². The standard InChI is InChI=1S/C16H15NO4/c1-9-3-2-4-10(7-9)17-8-16-6-5-11(21-16)12(15(19)20)13(16)14(17)18/h2-7,11-13H,8H2,1H3,(H,19,20)/t11-,12-,13+,16-/m1/s1. The third-order valence-corrected chi connectivity index (χ3v) is 4.70.